The molecule has 5 nitrogen and oxygen atoms in total. The summed E-state index contributed by atoms with van der Waals surface area (Å²) >= 11 is -2.20. The molecule has 1 aromatic carbocycles. The fourth-order valence-corrected chi connectivity index (χ4v) is 1.94. The van der Waals surface area contributed by atoms with E-state index in [0.29, 0.717) is 12.4 Å². The van der Waals surface area contributed by atoms with Crippen molar-refractivity contribution in [1.29, 1.82) is 0 Å². The molecule has 0 aliphatic heterocycles. The van der Waals surface area contributed by atoms with Crippen molar-refractivity contribution in [3.8, 4) is 5.75 Å². The lowest BCUT2D eigenvalue weighted by Crippen LogP contribution is -2.03. The molecule has 1 heterocycles. The monoisotopic (exact) mass is 265 g/mol. The average Bonchev–Trinajstić information content (AvgIpc) is 2.67. The highest BCUT2D eigenvalue weighted by molar-refractivity contribution is 7.79. The van der Waals surface area contributed by atoms with E-state index in [1.165, 1.54) is 12.1 Å². The number of ether oxygens (including phenoxy) is 1. The van der Waals surface area contributed by atoms with Crippen LogP contribution in [0.15, 0.2) is 35.5 Å². The van der Waals surface area contributed by atoms with Crippen molar-refractivity contribution in [2.75, 3.05) is 0 Å². The van der Waals surface area contributed by atoms with Gasteiger partial charge in [-0.1, -0.05) is 0 Å². The smallest absolute Gasteiger partial charge is 0.130 e. The van der Waals surface area contributed by atoms with Gasteiger partial charge in [0.05, 0.1) is 17.7 Å². The molecule has 0 saturated heterocycles. The van der Waals surface area contributed by atoms with Crippen LogP contribution in [0.25, 0.3) is 0 Å². The number of rotatable bonds is 4. The number of benzene rings is 1. The van der Waals surface area contributed by atoms with Gasteiger partial charge in [-0.15, -0.1) is 0 Å². The Kier molecular flexibility index (Phi) is 3.78. The van der Waals surface area contributed by atoms with Crippen molar-refractivity contribution in [3.63, 3.8) is 0 Å². The molecule has 0 radical (unpaired) electrons. The fraction of sp³-hybridized carbons (Fsp3) is 0.250. The molecule has 0 saturated carbocycles. The predicted molar refractivity (Wildman–Crippen MR) is 65.9 cm³/mol. The minimum atomic E-state index is -2.20. The van der Waals surface area contributed by atoms with Crippen molar-refractivity contribution in [2.45, 2.75) is 18.4 Å². The lowest BCUT2D eigenvalue weighted by atomic mass is 10.3. The highest BCUT2D eigenvalue weighted by atomic mass is 32.2. The maximum absolute atomic E-state index is 10.7. The Morgan fingerprint density at radius 3 is 2.56 bits per heavy atom. The highest BCUT2D eigenvalue weighted by Crippen LogP contribution is 2.16. The summed E-state index contributed by atoms with van der Waals surface area (Å²) in [6, 6.07) is 6.29. The molecule has 96 valence electrons. The van der Waals surface area contributed by atoms with Gasteiger partial charge in [-0.3, -0.25) is 4.21 Å². The maximum atomic E-state index is 10.7. The number of aryl methyl sites for hydroxylation is 2. The first-order chi connectivity index (χ1) is 8.58. The van der Waals surface area contributed by atoms with Crippen molar-refractivity contribution in [3.05, 3.63) is 42.0 Å². The van der Waals surface area contributed by atoms with Crippen LogP contribution in [0, 0.1) is 6.92 Å². The molecule has 2 aromatic rings. The van der Waals surface area contributed by atoms with E-state index in [9.17, 15) is 8.76 Å². The van der Waals surface area contributed by atoms with Crippen molar-refractivity contribution < 1.29 is 13.5 Å². The molecule has 0 amide bonds. The molecule has 1 atom stereocenters. The Morgan fingerprint density at radius 2 is 2.06 bits per heavy atom. The van der Waals surface area contributed by atoms with Gasteiger partial charge < -0.3 is 13.9 Å². The quantitative estimate of drug-likeness (QED) is 0.786. The summed E-state index contributed by atoms with van der Waals surface area (Å²) in [6.45, 7) is 2.32. The zero-order chi connectivity index (χ0) is 13.1. The largest absolute Gasteiger partial charge is 0.768 e. The first kappa shape index (κ1) is 12.8. The summed E-state index contributed by atoms with van der Waals surface area (Å²) in [7, 11) is 1.91. The van der Waals surface area contributed by atoms with Gasteiger partial charge in [-0.2, -0.15) is 0 Å². The van der Waals surface area contributed by atoms with E-state index in [-0.39, 0.29) is 4.90 Å². The van der Waals surface area contributed by atoms with Gasteiger partial charge in [0.1, 0.15) is 12.4 Å². The zero-order valence-electron chi connectivity index (χ0n) is 10.1. The summed E-state index contributed by atoms with van der Waals surface area (Å²) in [6.07, 6.45) is 1.73. The van der Waals surface area contributed by atoms with Crippen LogP contribution in [0.4, 0.5) is 0 Å². The molecule has 18 heavy (non-hydrogen) atoms. The van der Waals surface area contributed by atoms with E-state index >= 15 is 0 Å². The molecular weight excluding hydrogens is 252 g/mol. The normalized spacial score (nSPS) is 12.4. The van der Waals surface area contributed by atoms with E-state index in [2.05, 4.69) is 4.98 Å². The van der Waals surface area contributed by atoms with Gasteiger partial charge in [0.2, 0.25) is 0 Å². The molecule has 0 fully saturated rings. The lowest BCUT2D eigenvalue weighted by Gasteiger charge is -2.09. The minimum Gasteiger partial charge on any atom is -0.768 e. The van der Waals surface area contributed by atoms with E-state index in [0.717, 1.165) is 11.4 Å². The van der Waals surface area contributed by atoms with E-state index < -0.39 is 11.1 Å². The van der Waals surface area contributed by atoms with Gasteiger partial charge in [-0.25, -0.2) is 4.98 Å². The van der Waals surface area contributed by atoms with Crippen LogP contribution in [-0.2, 0) is 24.7 Å². The molecule has 2 rings (SSSR count). The van der Waals surface area contributed by atoms with Crippen LogP contribution in [0.1, 0.15) is 11.4 Å². The SMILES string of the molecule is Cc1ncn(C)c1COc1ccc(S(=O)[O-])cc1. The number of imidazole rings is 1. The lowest BCUT2D eigenvalue weighted by molar-refractivity contribution is 0.296. The van der Waals surface area contributed by atoms with Crippen LogP contribution in [-0.4, -0.2) is 18.3 Å². The molecule has 0 aliphatic carbocycles. The van der Waals surface area contributed by atoms with Crippen LogP contribution in [0.3, 0.4) is 0 Å². The first-order valence-corrected chi connectivity index (χ1v) is 6.44. The summed E-state index contributed by atoms with van der Waals surface area (Å²) in [5, 5.41) is 0. The molecule has 1 unspecified atom stereocenters. The Hall–Kier alpha value is -1.66. The zero-order valence-corrected chi connectivity index (χ0v) is 10.9. The number of hydrogen-bond acceptors (Lipinski definition) is 4. The van der Waals surface area contributed by atoms with Gasteiger partial charge in [0.25, 0.3) is 0 Å². The number of hydrogen-bond donors (Lipinski definition) is 0. The molecule has 0 spiro atoms. The number of aromatic nitrogens is 2. The Bertz CT molecular complexity index is 544. The standard InChI is InChI=1S/C12H14N2O3S/c1-9-12(14(2)8-13-9)7-17-10-3-5-11(6-4-10)18(15)16/h3-6,8H,7H2,1-2H3,(H,15,16)/p-1. The van der Waals surface area contributed by atoms with E-state index in [1.54, 1.807) is 18.5 Å². The molecule has 0 N–H and O–H groups in total. The van der Waals surface area contributed by atoms with Crippen molar-refractivity contribution in [2.24, 2.45) is 7.05 Å². The topological polar surface area (TPSA) is 67.2 Å². The van der Waals surface area contributed by atoms with Gasteiger partial charge >= 0.3 is 0 Å². The van der Waals surface area contributed by atoms with Crippen LogP contribution in [0.5, 0.6) is 5.75 Å². The first-order valence-electron chi connectivity index (χ1n) is 5.37. The minimum absolute atomic E-state index is 0.249. The third-order valence-electron chi connectivity index (χ3n) is 2.66. The van der Waals surface area contributed by atoms with Crippen LogP contribution < -0.4 is 4.74 Å². The van der Waals surface area contributed by atoms with Crippen molar-refractivity contribution in [1.82, 2.24) is 9.55 Å². The molecule has 0 bridgehead atoms. The third kappa shape index (κ3) is 2.77. The summed E-state index contributed by atoms with van der Waals surface area (Å²) in [5.41, 5.74) is 1.92. The van der Waals surface area contributed by atoms with E-state index in [1.807, 2.05) is 18.5 Å². The fourth-order valence-electron chi connectivity index (χ4n) is 1.58. The summed E-state index contributed by atoms with van der Waals surface area (Å²) in [4.78, 5) is 4.42. The van der Waals surface area contributed by atoms with Crippen LogP contribution in [0.2, 0.25) is 0 Å². The van der Waals surface area contributed by atoms with Gasteiger partial charge in [-0.05, 0) is 42.3 Å². The summed E-state index contributed by atoms with van der Waals surface area (Å²) in [5.74, 6) is 0.629. The summed E-state index contributed by atoms with van der Waals surface area (Å²) < 4.78 is 28.9. The second-order valence-corrected chi connectivity index (χ2v) is 4.82. The second-order valence-electron chi connectivity index (χ2n) is 3.88. The Balaban J connectivity index is 2.04. The average molecular weight is 265 g/mol. The molecule has 0 aliphatic rings. The van der Waals surface area contributed by atoms with Crippen LogP contribution >= 0.6 is 0 Å². The second kappa shape index (κ2) is 5.32. The number of nitrogens with zero attached hydrogens (tertiary/aromatic N) is 2. The predicted octanol–water partition coefficient (Wildman–Crippen LogP) is 1.55. The highest BCUT2D eigenvalue weighted by Gasteiger charge is 2.05. The maximum Gasteiger partial charge on any atom is 0.130 e. The Morgan fingerprint density at radius 1 is 1.39 bits per heavy atom. The van der Waals surface area contributed by atoms with Crippen molar-refractivity contribution >= 4 is 11.1 Å². The Labute approximate surface area is 108 Å². The third-order valence-corrected chi connectivity index (χ3v) is 3.32. The van der Waals surface area contributed by atoms with E-state index in [4.69, 9.17) is 4.74 Å². The molecule has 6 heteroatoms. The van der Waals surface area contributed by atoms with Gasteiger partial charge in [0.15, 0.2) is 0 Å². The van der Waals surface area contributed by atoms with Gasteiger partial charge in [0, 0.05) is 11.9 Å². The molecule has 1 aromatic heterocycles. The molecular formula is C12H13N2O3S-.